The summed E-state index contributed by atoms with van der Waals surface area (Å²) in [6.45, 7) is 11.8. The van der Waals surface area contributed by atoms with E-state index in [1.807, 2.05) is 19.1 Å². The van der Waals surface area contributed by atoms with E-state index in [1.165, 1.54) is 0 Å². The van der Waals surface area contributed by atoms with Crippen LogP contribution in [0.1, 0.15) is 34.6 Å². The molecule has 1 rings (SSSR count). The summed E-state index contributed by atoms with van der Waals surface area (Å²) in [6.07, 6.45) is 0. The Balaban J connectivity index is 3.33. The molecule has 0 saturated carbocycles. The van der Waals surface area contributed by atoms with Gasteiger partial charge in [-0.1, -0.05) is 19.9 Å². The number of rotatable bonds is 7. The number of hydrogen-bond acceptors (Lipinski definition) is 4. The zero-order chi connectivity index (χ0) is 15.3. The summed E-state index contributed by atoms with van der Waals surface area (Å²) in [7, 11) is 0. The molecular formula is C15H25N3O2. The minimum atomic E-state index is -0.289. The number of hydrogen-bond donors (Lipinski definition) is 1. The first-order valence-corrected chi connectivity index (χ1v) is 7.16. The van der Waals surface area contributed by atoms with E-state index in [0.29, 0.717) is 23.8 Å². The van der Waals surface area contributed by atoms with Gasteiger partial charge >= 0.3 is 5.69 Å². The van der Waals surface area contributed by atoms with Gasteiger partial charge < -0.3 is 10.2 Å². The van der Waals surface area contributed by atoms with Gasteiger partial charge in [0.25, 0.3) is 0 Å². The third-order valence-corrected chi connectivity index (χ3v) is 3.06. The van der Waals surface area contributed by atoms with E-state index in [9.17, 15) is 10.1 Å². The minimum Gasteiger partial charge on any atom is -0.380 e. The van der Waals surface area contributed by atoms with Crippen LogP contribution in [0.3, 0.4) is 0 Å². The Hall–Kier alpha value is -1.78. The minimum absolute atomic E-state index is 0.170. The van der Waals surface area contributed by atoms with Crippen LogP contribution in [0.2, 0.25) is 0 Å². The zero-order valence-electron chi connectivity index (χ0n) is 13.0. The second kappa shape index (κ2) is 7.12. The number of nitro groups is 1. The molecule has 20 heavy (non-hydrogen) atoms. The van der Waals surface area contributed by atoms with Crippen molar-refractivity contribution in [2.75, 3.05) is 23.3 Å². The van der Waals surface area contributed by atoms with Crippen molar-refractivity contribution in [3.63, 3.8) is 0 Å². The van der Waals surface area contributed by atoms with Gasteiger partial charge in [-0.3, -0.25) is 10.1 Å². The Morgan fingerprint density at radius 3 is 2.40 bits per heavy atom. The molecule has 0 radical (unpaired) electrons. The van der Waals surface area contributed by atoms with Gasteiger partial charge in [-0.15, -0.1) is 0 Å². The van der Waals surface area contributed by atoms with Crippen LogP contribution in [0, 0.1) is 16.0 Å². The summed E-state index contributed by atoms with van der Waals surface area (Å²) in [5, 5.41) is 14.5. The lowest BCUT2D eigenvalue weighted by atomic mass is 10.1. The third kappa shape index (κ3) is 3.85. The highest BCUT2D eigenvalue weighted by atomic mass is 16.6. The molecule has 0 fully saturated rings. The van der Waals surface area contributed by atoms with Crippen molar-refractivity contribution in [3.05, 3.63) is 28.3 Å². The molecule has 1 aromatic rings. The zero-order valence-corrected chi connectivity index (χ0v) is 13.0. The maximum Gasteiger partial charge on any atom is 0.315 e. The predicted molar refractivity (Wildman–Crippen MR) is 84.6 cm³/mol. The number of nitrogens with zero attached hydrogens (tertiary/aromatic N) is 2. The third-order valence-electron chi connectivity index (χ3n) is 3.06. The van der Waals surface area contributed by atoms with Crippen molar-refractivity contribution < 1.29 is 4.92 Å². The second-order valence-corrected chi connectivity index (χ2v) is 5.60. The lowest BCUT2D eigenvalue weighted by Gasteiger charge is -2.30. The molecule has 0 saturated heterocycles. The number of para-hydroxylation sites is 1. The fraction of sp³-hybridized carbons (Fsp3) is 0.600. The van der Waals surface area contributed by atoms with E-state index in [4.69, 9.17) is 0 Å². The Morgan fingerprint density at radius 2 is 1.95 bits per heavy atom. The number of benzene rings is 1. The largest absolute Gasteiger partial charge is 0.380 e. The molecule has 0 unspecified atom stereocenters. The fourth-order valence-electron chi connectivity index (χ4n) is 2.27. The van der Waals surface area contributed by atoms with Crippen molar-refractivity contribution in [1.82, 2.24) is 0 Å². The molecule has 0 aliphatic heterocycles. The Kier molecular flexibility index (Phi) is 5.80. The molecular weight excluding hydrogens is 254 g/mol. The lowest BCUT2D eigenvalue weighted by molar-refractivity contribution is -0.383. The molecule has 0 bridgehead atoms. The van der Waals surface area contributed by atoms with Crippen LogP contribution in [-0.4, -0.2) is 24.1 Å². The van der Waals surface area contributed by atoms with Crippen LogP contribution in [-0.2, 0) is 0 Å². The van der Waals surface area contributed by atoms with Crippen LogP contribution in [0.15, 0.2) is 18.2 Å². The molecule has 0 aliphatic carbocycles. The van der Waals surface area contributed by atoms with E-state index >= 15 is 0 Å². The van der Waals surface area contributed by atoms with Gasteiger partial charge in [0.2, 0.25) is 0 Å². The maximum atomic E-state index is 11.5. The molecule has 0 heterocycles. The average molecular weight is 279 g/mol. The normalized spacial score (nSPS) is 10.9. The van der Waals surface area contributed by atoms with Crippen LogP contribution >= 0.6 is 0 Å². The summed E-state index contributed by atoms with van der Waals surface area (Å²) in [6, 6.07) is 5.68. The van der Waals surface area contributed by atoms with Gasteiger partial charge in [0.05, 0.1) is 4.92 Å². The summed E-state index contributed by atoms with van der Waals surface area (Å²) in [5.74, 6) is 0.444. The smallest absolute Gasteiger partial charge is 0.315 e. The maximum absolute atomic E-state index is 11.5. The Labute approximate surface area is 121 Å². The highest BCUT2D eigenvalue weighted by molar-refractivity contribution is 5.77. The van der Waals surface area contributed by atoms with Gasteiger partial charge in [-0.05, 0) is 38.8 Å². The van der Waals surface area contributed by atoms with E-state index in [2.05, 4.69) is 37.9 Å². The molecule has 0 atom stereocenters. The van der Waals surface area contributed by atoms with E-state index in [-0.39, 0.29) is 16.7 Å². The number of nitrogens with one attached hydrogen (secondary N) is 1. The molecule has 0 aromatic heterocycles. The average Bonchev–Trinajstić information content (AvgIpc) is 2.35. The van der Waals surface area contributed by atoms with Crippen molar-refractivity contribution in [2.45, 2.75) is 40.7 Å². The number of anilines is 2. The van der Waals surface area contributed by atoms with Crippen LogP contribution in [0.25, 0.3) is 0 Å². The van der Waals surface area contributed by atoms with Gasteiger partial charge in [0.1, 0.15) is 11.4 Å². The van der Waals surface area contributed by atoms with Crippen LogP contribution < -0.4 is 10.2 Å². The molecule has 0 aliphatic rings. The summed E-state index contributed by atoms with van der Waals surface area (Å²) in [4.78, 5) is 13.3. The van der Waals surface area contributed by atoms with Crippen LogP contribution in [0.4, 0.5) is 17.1 Å². The van der Waals surface area contributed by atoms with Gasteiger partial charge in [0.15, 0.2) is 0 Å². The first-order valence-electron chi connectivity index (χ1n) is 7.16. The summed E-state index contributed by atoms with van der Waals surface area (Å²) >= 11 is 0. The van der Waals surface area contributed by atoms with Crippen LogP contribution in [0.5, 0.6) is 0 Å². The SMILES string of the molecule is CCNc1cccc(N(CC(C)C)C(C)C)c1[N+](=O)[O-]. The highest BCUT2D eigenvalue weighted by Crippen LogP contribution is 2.36. The quantitative estimate of drug-likeness (QED) is 0.607. The molecule has 0 amide bonds. The first kappa shape index (κ1) is 16.3. The number of nitro benzene ring substituents is 1. The lowest BCUT2D eigenvalue weighted by Crippen LogP contribution is -2.34. The van der Waals surface area contributed by atoms with Crippen molar-refractivity contribution in [3.8, 4) is 0 Å². The van der Waals surface area contributed by atoms with Crippen molar-refractivity contribution in [2.24, 2.45) is 5.92 Å². The molecule has 1 aromatic carbocycles. The topological polar surface area (TPSA) is 58.4 Å². The van der Waals surface area contributed by atoms with Crippen molar-refractivity contribution >= 4 is 17.1 Å². The fourth-order valence-corrected chi connectivity index (χ4v) is 2.27. The van der Waals surface area contributed by atoms with E-state index in [0.717, 1.165) is 6.54 Å². The van der Waals surface area contributed by atoms with Crippen molar-refractivity contribution in [1.29, 1.82) is 0 Å². The second-order valence-electron chi connectivity index (χ2n) is 5.60. The Morgan fingerprint density at radius 1 is 1.30 bits per heavy atom. The predicted octanol–water partition coefficient (Wildman–Crippen LogP) is 3.90. The molecule has 5 heteroatoms. The van der Waals surface area contributed by atoms with Gasteiger partial charge in [-0.25, -0.2) is 0 Å². The van der Waals surface area contributed by atoms with Gasteiger partial charge in [-0.2, -0.15) is 0 Å². The van der Waals surface area contributed by atoms with E-state index in [1.54, 1.807) is 6.07 Å². The molecule has 0 spiro atoms. The highest BCUT2D eigenvalue weighted by Gasteiger charge is 2.25. The van der Waals surface area contributed by atoms with Gasteiger partial charge in [0, 0.05) is 19.1 Å². The molecule has 5 nitrogen and oxygen atoms in total. The summed E-state index contributed by atoms with van der Waals surface area (Å²) in [5.41, 5.74) is 1.45. The van der Waals surface area contributed by atoms with E-state index < -0.39 is 0 Å². The summed E-state index contributed by atoms with van der Waals surface area (Å²) < 4.78 is 0. The standard InChI is InChI=1S/C15H25N3O2/c1-6-16-13-8-7-9-14(15(13)18(19)20)17(12(4)5)10-11(2)3/h7-9,11-12,16H,6,10H2,1-5H3. The Bertz CT molecular complexity index is 458. The monoisotopic (exact) mass is 279 g/mol. The first-order chi connectivity index (χ1) is 9.38. The molecule has 112 valence electrons. The molecule has 1 N–H and O–H groups in total.